The summed E-state index contributed by atoms with van der Waals surface area (Å²) in [6.45, 7) is 6.09. The van der Waals surface area contributed by atoms with Gasteiger partial charge in [-0.05, 0) is 61.8 Å². The fourth-order valence-electron chi connectivity index (χ4n) is 3.73. The largest absolute Gasteiger partial charge is 0.342 e. The molecular weight excluding hydrogens is 292 g/mol. The van der Waals surface area contributed by atoms with Crippen LogP contribution in [0.2, 0.25) is 0 Å². The second kappa shape index (κ2) is 6.63. The molecule has 0 bridgehead atoms. The number of hydrogen-bond donors (Lipinski definition) is 1. The van der Waals surface area contributed by atoms with Crippen molar-refractivity contribution in [1.29, 1.82) is 0 Å². The molecule has 3 nitrogen and oxygen atoms in total. The Kier molecular flexibility index (Phi) is 4.79. The molecule has 3 unspecified atom stereocenters. The van der Waals surface area contributed by atoms with Crippen molar-refractivity contribution in [2.24, 2.45) is 17.6 Å². The average molecular weight is 318 g/mol. The summed E-state index contributed by atoms with van der Waals surface area (Å²) in [5.41, 5.74) is 8.78. The molecule has 1 aromatic rings. The van der Waals surface area contributed by atoms with Crippen molar-refractivity contribution in [3.05, 3.63) is 29.3 Å². The number of fused-ring (bicyclic) bond motifs is 1. The molecule has 22 heavy (non-hydrogen) atoms. The first kappa shape index (κ1) is 15.9. The monoisotopic (exact) mass is 318 g/mol. The average Bonchev–Trinajstić information content (AvgIpc) is 3.05. The highest BCUT2D eigenvalue weighted by atomic mass is 32.2. The highest BCUT2D eigenvalue weighted by Gasteiger charge is 2.42. The molecule has 1 aliphatic heterocycles. The maximum Gasteiger partial charge on any atom is 0.223 e. The van der Waals surface area contributed by atoms with E-state index in [-0.39, 0.29) is 0 Å². The van der Waals surface area contributed by atoms with E-state index in [2.05, 4.69) is 36.9 Å². The van der Waals surface area contributed by atoms with E-state index in [0.717, 1.165) is 25.3 Å². The number of benzene rings is 1. The Hall–Kier alpha value is -1.00. The van der Waals surface area contributed by atoms with Crippen molar-refractivity contribution < 1.29 is 4.79 Å². The highest BCUT2D eigenvalue weighted by Crippen LogP contribution is 2.37. The molecule has 4 heteroatoms. The van der Waals surface area contributed by atoms with Crippen LogP contribution in [0.3, 0.4) is 0 Å². The fourth-order valence-corrected chi connectivity index (χ4v) is 4.67. The van der Waals surface area contributed by atoms with Gasteiger partial charge in [-0.15, -0.1) is 11.8 Å². The molecule has 1 amide bonds. The van der Waals surface area contributed by atoms with Crippen LogP contribution in [0.15, 0.2) is 23.1 Å². The minimum Gasteiger partial charge on any atom is -0.342 e. The number of rotatable bonds is 4. The van der Waals surface area contributed by atoms with Crippen molar-refractivity contribution in [2.45, 2.75) is 44.0 Å². The number of hydrogen-bond acceptors (Lipinski definition) is 3. The molecule has 0 radical (unpaired) electrons. The SMILES string of the molecule is Cc1ccc(SCCC(=O)N2CC3CCC(N)C3C2)cc1C. The van der Waals surface area contributed by atoms with Gasteiger partial charge in [0.05, 0.1) is 0 Å². The molecule has 2 fully saturated rings. The van der Waals surface area contributed by atoms with Gasteiger partial charge in [-0.3, -0.25) is 4.79 Å². The second-order valence-electron chi connectivity index (χ2n) is 6.81. The van der Waals surface area contributed by atoms with Crippen LogP contribution in [0.4, 0.5) is 0 Å². The molecule has 1 saturated carbocycles. The number of carbonyl (C=O) groups is 1. The molecule has 0 aromatic heterocycles. The summed E-state index contributed by atoms with van der Waals surface area (Å²) in [7, 11) is 0. The van der Waals surface area contributed by atoms with E-state index in [1.165, 1.54) is 22.4 Å². The highest BCUT2D eigenvalue weighted by molar-refractivity contribution is 7.99. The molecule has 1 saturated heterocycles. The molecule has 1 aromatic carbocycles. The molecule has 3 atom stereocenters. The van der Waals surface area contributed by atoms with Gasteiger partial charge in [0.1, 0.15) is 0 Å². The zero-order valence-corrected chi connectivity index (χ0v) is 14.4. The number of nitrogens with zero attached hydrogens (tertiary/aromatic N) is 1. The molecule has 1 aliphatic carbocycles. The zero-order valence-electron chi connectivity index (χ0n) is 13.5. The summed E-state index contributed by atoms with van der Waals surface area (Å²) in [6, 6.07) is 6.83. The minimum absolute atomic E-state index is 0.304. The normalized spacial score (nSPS) is 27.2. The third kappa shape index (κ3) is 3.33. The molecule has 3 rings (SSSR count). The van der Waals surface area contributed by atoms with Crippen LogP contribution in [0.1, 0.15) is 30.4 Å². The van der Waals surface area contributed by atoms with Gasteiger partial charge in [-0.25, -0.2) is 0 Å². The fraction of sp³-hybridized carbons (Fsp3) is 0.611. The zero-order chi connectivity index (χ0) is 15.7. The van der Waals surface area contributed by atoms with Gasteiger partial charge in [0.25, 0.3) is 0 Å². The van der Waals surface area contributed by atoms with Crippen molar-refractivity contribution in [3.63, 3.8) is 0 Å². The van der Waals surface area contributed by atoms with Gasteiger partial charge >= 0.3 is 0 Å². The number of aryl methyl sites for hydroxylation is 2. The lowest BCUT2D eigenvalue weighted by Gasteiger charge is -2.18. The third-order valence-electron chi connectivity index (χ3n) is 5.33. The number of nitrogens with two attached hydrogens (primary N) is 1. The first-order valence-electron chi connectivity index (χ1n) is 8.28. The number of carbonyl (C=O) groups excluding carboxylic acids is 1. The van der Waals surface area contributed by atoms with E-state index in [4.69, 9.17) is 5.73 Å². The molecule has 2 N–H and O–H groups in total. The van der Waals surface area contributed by atoms with Crippen LogP contribution in [-0.2, 0) is 4.79 Å². The Balaban J connectivity index is 1.46. The molecular formula is C18H26N2OS. The van der Waals surface area contributed by atoms with Crippen LogP contribution in [0.25, 0.3) is 0 Å². The van der Waals surface area contributed by atoms with Gasteiger partial charge in [-0.2, -0.15) is 0 Å². The molecule has 0 spiro atoms. The Morgan fingerprint density at radius 3 is 2.82 bits per heavy atom. The quantitative estimate of drug-likeness (QED) is 0.868. The number of amides is 1. The van der Waals surface area contributed by atoms with E-state index in [0.29, 0.717) is 30.2 Å². The topological polar surface area (TPSA) is 46.3 Å². The van der Waals surface area contributed by atoms with Crippen LogP contribution in [-0.4, -0.2) is 35.7 Å². The van der Waals surface area contributed by atoms with Gasteiger partial charge in [0.2, 0.25) is 5.91 Å². The van der Waals surface area contributed by atoms with Crippen LogP contribution in [0, 0.1) is 25.7 Å². The third-order valence-corrected chi connectivity index (χ3v) is 6.32. The minimum atomic E-state index is 0.304. The van der Waals surface area contributed by atoms with Gasteiger partial charge in [-0.1, -0.05) is 6.07 Å². The number of thioether (sulfide) groups is 1. The van der Waals surface area contributed by atoms with E-state index in [1.54, 1.807) is 11.8 Å². The summed E-state index contributed by atoms with van der Waals surface area (Å²) in [5.74, 6) is 2.37. The standard InChI is InChI=1S/C18H26N2OS/c1-12-3-5-15(9-13(12)2)22-8-7-18(21)20-10-14-4-6-17(19)16(14)11-20/h3,5,9,14,16-17H,4,6-8,10-11,19H2,1-2H3. The van der Waals surface area contributed by atoms with Gasteiger partial charge in [0, 0.05) is 36.2 Å². The first-order chi connectivity index (χ1) is 10.5. The smallest absolute Gasteiger partial charge is 0.223 e. The van der Waals surface area contributed by atoms with E-state index >= 15 is 0 Å². The van der Waals surface area contributed by atoms with Crippen LogP contribution >= 0.6 is 11.8 Å². The Morgan fingerprint density at radius 1 is 1.27 bits per heavy atom. The predicted octanol–water partition coefficient (Wildman–Crippen LogP) is 2.98. The van der Waals surface area contributed by atoms with Crippen molar-refractivity contribution in [3.8, 4) is 0 Å². The maximum atomic E-state index is 12.4. The summed E-state index contributed by atoms with van der Waals surface area (Å²) in [4.78, 5) is 15.7. The van der Waals surface area contributed by atoms with Crippen LogP contribution < -0.4 is 5.73 Å². The van der Waals surface area contributed by atoms with Gasteiger partial charge in [0.15, 0.2) is 0 Å². The molecule has 2 aliphatic rings. The van der Waals surface area contributed by atoms with Crippen molar-refractivity contribution in [2.75, 3.05) is 18.8 Å². The van der Waals surface area contributed by atoms with E-state index < -0.39 is 0 Å². The maximum absolute atomic E-state index is 12.4. The Morgan fingerprint density at radius 2 is 2.09 bits per heavy atom. The summed E-state index contributed by atoms with van der Waals surface area (Å²) in [5, 5.41) is 0. The second-order valence-corrected chi connectivity index (χ2v) is 7.98. The molecule has 120 valence electrons. The first-order valence-corrected chi connectivity index (χ1v) is 9.26. The van der Waals surface area contributed by atoms with Crippen LogP contribution in [0.5, 0.6) is 0 Å². The van der Waals surface area contributed by atoms with Crippen molar-refractivity contribution >= 4 is 17.7 Å². The Labute approximate surface area is 137 Å². The lowest BCUT2D eigenvalue weighted by atomic mass is 9.98. The lowest BCUT2D eigenvalue weighted by Crippen LogP contribution is -2.33. The Bertz CT molecular complexity index is 560. The predicted molar refractivity (Wildman–Crippen MR) is 92.0 cm³/mol. The van der Waals surface area contributed by atoms with Crippen molar-refractivity contribution in [1.82, 2.24) is 4.90 Å². The van der Waals surface area contributed by atoms with E-state index in [9.17, 15) is 4.79 Å². The van der Waals surface area contributed by atoms with Gasteiger partial charge < -0.3 is 10.6 Å². The molecule has 1 heterocycles. The lowest BCUT2D eigenvalue weighted by molar-refractivity contribution is -0.130. The summed E-state index contributed by atoms with van der Waals surface area (Å²) >= 11 is 1.78. The number of likely N-dealkylation sites (tertiary alicyclic amines) is 1. The summed E-state index contributed by atoms with van der Waals surface area (Å²) < 4.78 is 0. The summed E-state index contributed by atoms with van der Waals surface area (Å²) in [6.07, 6.45) is 2.97. The van der Waals surface area contributed by atoms with E-state index in [1.807, 2.05) is 0 Å².